The first-order chi connectivity index (χ1) is 15.9. The Morgan fingerprint density at radius 3 is 2.52 bits per heavy atom. The largest absolute Gasteiger partial charge is 0.507 e. The van der Waals surface area contributed by atoms with E-state index in [0.29, 0.717) is 18.5 Å². The average molecular weight is 511 g/mol. The predicted octanol–water partition coefficient (Wildman–Crippen LogP) is 4.07. The molecule has 168 valence electrons. The number of Topliss-reactive ketones (excluding diaryl/α,β-unsaturated/α-hetero) is 1. The van der Waals surface area contributed by atoms with Gasteiger partial charge in [0, 0.05) is 41.6 Å². The number of aromatic nitrogens is 2. The number of aryl methyl sites for hydroxylation is 1. The van der Waals surface area contributed by atoms with Crippen LogP contribution < -0.4 is 0 Å². The summed E-state index contributed by atoms with van der Waals surface area (Å²) in [6.45, 7) is 0.704. The Morgan fingerprint density at radius 1 is 1.12 bits per heavy atom. The van der Waals surface area contributed by atoms with Crippen molar-refractivity contribution in [3.8, 4) is 0 Å². The van der Waals surface area contributed by atoms with Crippen LogP contribution in [-0.2, 0) is 16.1 Å². The Balaban J connectivity index is 1.80. The molecule has 1 saturated heterocycles. The molecule has 1 aliphatic rings. The zero-order chi connectivity index (χ0) is 23.5. The van der Waals surface area contributed by atoms with E-state index in [1.807, 2.05) is 4.57 Å². The maximum atomic E-state index is 13.1. The first-order valence-corrected chi connectivity index (χ1v) is 10.9. The van der Waals surface area contributed by atoms with Crippen LogP contribution in [0.5, 0.6) is 0 Å². The third-order valence-corrected chi connectivity index (χ3v) is 5.99. The molecule has 10 heteroatoms. The van der Waals surface area contributed by atoms with E-state index >= 15 is 0 Å². The minimum Gasteiger partial charge on any atom is -0.507 e. The monoisotopic (exact) mass is 510 g/mol. The number of benzene rings is 2. The van der Waals surface area contributed by atoms with Gasteiger partial charge >= 0.3 is 0 Å². The molecule has 1 unspecified atom stereocenters. The highest BCUT2D eigenvalue weighted by atomic mass is 79.9. The standard InChI is InChI=1S/C23H19BrN4O5/c24-16-8-6-15(7-9-16)21(29)19-20(17-4-1-2-5-18(17)28(32)33)27(23(31)22(19)30)12-3-11-26-13-10-25-14-26/h1-2,4-10,13-14,20,29H,3,11-12H2/b21-19+. The number of aliphatic hydroxyl groups is 1. The lowest BCUT2D eigenvalue weighted by atomic mass is 9.94. The van der Waals surface area contributed by atoms with Gasteiger partial charge in [-0.2, -0.15) is 0 Å². The highest BCUT2D eigenvalue weighted by Gasteiger charge is 2.47. The van der Waals surface area contributed by atoms with Gasteiger partial charge in [0.05, 0.1) is 28.4 Å². The molecule has 0 saturated carbocycles. The lowest BCUT2D eigenvalue weighted by molar-refractivity contribution is -0.385. The van der Waals surface area contributed by atoms with Gasteiger partial charge in [-0.3, -0.25) is 19.7 Å². The molecular formula is C23H19BrN4O5. The molecule has 2 heterocycles. The number of hydrogen-bond acceptors (Lipinski definition) is 6. The molecule has 3 aromatic rings. The van der Waals surface area contributed by atoms with Crippen molar-refractivity contribution in [2.75, 3.05) is 6.54 Å². The van der Waals surface area contributed by atoms with Crippen LogP contribution in [0.3, 0.4) is 0 Å². The molecule has 33 heavy (non-hydrogen) atoms. The average Bonchev–Trinajstić information content (AvgIpc) is 3.41. The fraction of sp³-hybridized carbons (Fsp3) is 0.174. The van der Waals surface area contributed by atoms with Crippen LogP contribution >= 0.6 is 15.9 Å². The van der Waals surface area contributed by atoms with E-state index in [-0.39, 0.29) is 29.1 Å². The Labute approximate surface area is 197 Å². The fourth-order valence-electron chi connectivity index (χ4n) is 3.92. The minimum absolute atomic E-state index is 0.163. The minimum atomic E-state index is -1.09. The summed E-state index contributed by atoms with van der Waals surface area (Å²) >= 11 is 3.32. The van der Waals surface area contributed by atoms with Gasteiger partial charge in [-0.1, -0.05) is 40.2 Å². The number of nitro groups is 1. The molecule has 1 aliphatic heterocycles. The van der Waals surface area contributed by atoms with Crippen molar-refractivity contribution in [3.63, 3.8) is 0 Å². The van der Waals surface area contributed by atoms with Crippen molar-refractivity contribution in [1.82, 2.24) is 14.5 Å². The van der Waals surface area contributed by atoms with Gasteiger partial charge in [0.1, 0.15) is 5.76 Å². The maximum absolute atomic E-state index is 13.1. The van der Waals surface area contributed by atoms with Crippen molar-refractivity contribution < 1.29 is 19.6 Å². The van der Waals surface area contributed by atoms with Crippen molar-refractivity contribution in [2.24, 2.45) is 0 Å². The summed E-state index contributed by atoms with van der Waals surface area (Å²) in [6.07, 6.45) is 5.54. The van der Waals surface area contributed by atoms with Gasteiger partial charge in [0.2, 0.25) is 0 Å². The summed E-state index contributed by atoms with van der Waals surface area (Å²) in [7, 11) is 0. The quantitative estimate of drug-likeness (QED) is 0.168. The third-order valence-electron chi connectivity index (χ3n) is 5.46. The smallest absolute Gasteiger partial charge is 0.295 e. The highest BCUT2D eigenvalue weighted by Crippen LogP contribution is 2.42. The predicted molar refractivity (Wildman–Crippen MR) is 123 cm³/mol. The van der Waals surface area contributed by atoms with Gasteiger partial charge in [-0.15, -0.1) is 0 Å². The summed E-state index contributed by atoms with van der Waals surface area (Å²) in [5.41, 5.74) is 0.103. The molecule has 9 nitrogen and oxygen atoms in total. The van der Waals surface area contributed by atoms with E-state index in [1.54, 1.807) is 49.1 Å². The number of hydrogen-bond donors (Lipinski definition) is 1. The van der Waals surface area contributed by atoms with Crippen LogP contribution in [-0.4, -0.2) is 42.7 Å². The van der Waals surface area contributed by atoms with Gasteiger partial charge in [-0.05, 0) is 24.6 Å². The number of halogens is 1. The molecule has 0 spiro atoms. The van der Waals surface area contributed by atoms with Crippen LogP contribution in [0, 0.1) is 10.1 Å². The number of ketones is 1. The van der Waals surface area contributed by atoms with E-state index in [0.717, 1.165) is 4.47 Å². The van der Waals surface area contributed by atoms with Crippen molar-refractivity contribution in [3.05, 3.63) is 98.5 Å². The molecule has 1 amide bonds. The molecule has 1 aromatic heterocycles. The van der Waals surface area contributed by atoms with Crippen LogP contribution in [0.4, 0.5) is 5.69 Å². The third kappa shape index (κ3) is 4.42. The molecule has 1 fully saturated rings. The second kappa shape index (κ2) is 9.37. The number of nitro benzene ring substituents is 1. The fourth-order valence-corrected chi connectivity index (χ4v) is 4.19. The number of carbonyl (C=O) groups excluding carboxylic acids is 2. The van der Waals surface area contributed by atoms with E-state index in [9.17, 15) is 24.8 Å². The zero-order valence-electron chi connectivity index (χ0n) is 17.3. The van der Waals surface area contributed by atoms with Crippen LogP contribution in [0.25, 0.3) is 5.76 Å². The van der Waals surface area contributed by atoms with Gasteiger partial charge in [0.15, 0.2) is 0 Å². The van der Waals surface area contributed by atoms with E-state index < -0.39 is 22.7 Å². The van der Waals surface area contributed by atoms with Crippen molar-refractivity contribution >= 4 is 39.1 Å². The topological polar surface area (TPSA) is 119 Å². The maximum Gasteiger partial charge on any atom is 0.295 e. The number of aliphatic hydroxyl groups excluding tert-OH is 1. The Bertz CT molecular complexity index is 1240. The molecule has 0 bridgehead atoms. The van der Waals surface area contributed by atoms with E-state index in [4.69, 9.17) is 0 Å². The molecule has 4 rings (SSSR count). The second-order valence-corrected chi connectivity index (χ2v) is 8.39. The van der Waals surface area contributed by atoms with Crippen molar-refractivity contribution in [2.45, 2.75) is 19.0 Å². The number of para-hydroxylation sites is 1. The molecular weight excluding hydrogens is 492 g/mol. The highest BCUT2D eigenvalue weighted by molar-refractivity contribution is 9.10. The number of imidazole rings is 1. The van der Waals surface area contributed by atoms with E-state index in [2.05, 4.69) is 20.9 Å². The number of likely N-dealkylation sites (tertiary alicyclic amines) is 1. The van der Waals surface area contributed by atoms with Gasteiger partial charge in [0.25, 0.3) is 17.4 Å². The van der Waals surface area contributed by atoms with Gasteiger partial charge in [-0.25, -0.2) is 4.98 Å². The molecule has 2 aromatic carbocycles. The summed E-state index contributed by atoms with van der Waals surface area (Å²) in [4.78, 5) is 42.5. The Kier molecular flexibility index (Phi) is 6.36. The molecule has 1 atom stereocenters. The second-order valence-electron chi connectivity index (χ2n) is 7.47. The zero-order valence-corrected chi connectivity index (χ0v) is 18.9. The summed E-state index contributed by atoms with van der Waals surface area (Å²) < 4.78 is 2.60. The first kappa shape index (κ1) is 22.4. The van der Waals surface area contributed by atoms with Crippen LogP contribution in [0.1, 0.15) is 23.6 Å². The van der Waals surface area contributed by atoms with Crippen LogP contribution in [0.2, 0.25) is 0 Å². The molecule has 1 N–H and O–H groups in total. The van der Waals surface area contributed by atoms with Crippen molar-refractivity contribution in [1.29, 1.82) is 0 Å². The SMILES string of the molecule is O=C1C(=O)N(CCCn2ccnc2)C(c2ccccc2[N+](=O)[O-])/C1=C(\O)c1ccc(Br)cc1. The first-order valence-electron chi connectivity index (χ1n) is 10.1. The Hall–Kier alpha value is -3.79. The molecule has 0 radical (unpaired) electrons. The summed E-state index contributed by atoms with van der Waals surface area (Å²) in [5, 5.41) is 22.8. The lowest BCUT2D eigenvalue weighted by Crippen LogP contribution is -2.31. The normalized spacial score (nSPS) is 17.5. The number of carbonyl (C=O) groups is 2. The van der Waals surface area contributed by atoms with Crippen LogP contribution in [0.15, 0.2) is 77.3 Å². The molecule has 0 aliphatic carbocycles. The summed E-state index contributed by atoms with van der Waals surface area (Å²) in [6, 6.07) is 11.4. The Morgan fingerprint density at radius 2 is 1.85 bits per heavy atom. The number of nitrogens with zero attached hydrogens (tertiary/aromatic N) is 4. The lowest BCUT2D eigenvalue weighted by Gasteiger charge is -2.25. The number of amides is 1. The van der Waals surface area contributed by atoms with Gasteiger partial charge < -0.3 is 14.6 Å². The van der Waals surface area contributed by atoms with E-state index in [1.165, 1.54) is 23.1 Å². The number of rotatable bonds is 7. The summed E-state index contributed by atoms with van der Waals surface area (Å²) in [5.74, 6) is -2.05.